The van der Waals surface area contributed by atoms with Crippen molar-refractivity contribution in [3.8, 4) is 11.1 Å². The SMILES string of the molecule is CCS(=O)(=O)c1cccc(-c2cc(C=O)c(C)c3[nH]c4ncc(C)cc4c23)c1.CNCCN(C)C. The molecule has 0 unspecified atom stereocenters. The van der Waals surface area contributed by atoms with Crippen LogP contribution >= 0.6 is 0 Å². The predicted molar refractivity (Wildman–Crippen MR) is 144 cm³/mol. The number of fused-ring (bicyclic) bond motifs is 3. The summed E-state index contributed by atoms with van der Waals surface area (Å²) in [6.07, 6.45) is 2.62. The van der Waals surface area contributed by atoms with Crippen molar-refractivity contribution in [2.24, 2.45) is 0 Å². The van der Waals surface area contributed by atoms with E-state index in [9.17, 15) is 13.2 Å². The van der Waals surface area contributed by atoms with Crippen molar-refractivity contribution < 1.29 is 13.2 Å². The number of aromatic amines is 1. The van der Waals surface area contributed by atoms with Crippen molar-refractivity contribution in [3.05, 3.63) is 59.3 Å². The Morgan fingerprint density at radius 3 is 2.49 bits per heavy atom. The van der Waals surface area contributed by atoms with E-state index in [1.165, 1.54) is 0 Å². The Morgan fingerprint density at radius 1 is 1.14 bits per heavy atom. The van der Waals surface area contributed by atoms with E-state index >= 15 is 0 Å². The van der Waals surface area contributed by atoms with E-state index in [0.717, 1.165) is 63.6 Å². The van der Waals surface area contributed by atoms with Crippen molar-refractivity contribution in [2.45, 2.75) is 25.7 Å². The van der Waals surface area contributed by atoms with Gasteiger partial charge in [0.1, 0.15) is 11.9 Å². The maximum absolute atomic E-state index is 12.4. The summed E-state index contributed by atoms with van der Waals surface area (Å²) in [6.45, 7) is 7.70. The number of nitrogens with zero attached hydrogens (tertiary/aromatic N) is 2. The van der Waals surface area contributed by atoms with Crippen LogP contribution in [0.1, 0.15) is 28.4 Å². The number of aldehydes is 1. The molecule has 0 aliphatic rings. The van der Waals surface area contributed by atoms with Gasteiger partial charge < -0.3 is 15.2 Å². The van der Waals surface area contributed by atoms with Crippen LogP contribution in [0, 0.1) is 13.8 Å². The average Bonchev–Trinajstić information content (AvgIpc) is 3.23. The average molecular weight is 495 g/mol. The van der Waals surface area contributed by atoms with Crippen LogP contribution in [0.3, 0.4) is 0 Å². The van der Waals surface area contributed by atoms with Crippen LogP contribution in [0.4, 0.5) is 0 Å². The van der Waals surface area contributed by atoms with Crippen LogP contribution < -0.4 is 5.32 Å². The number of hydrogen-bond donors (Lipinski definition) is 2. The van der Waals surface area contributed by atoms with Crippen LogP contribution in [0.25, 0.3) is 33.1 Å². The zero-order chi connectivity index (χ0) is 25.8. The van der Waals surface area contributed by atoms with Gasteiger partial charge in [0.15, 0.2) is 9.84 Å². The lowest BCUT2D eigenvalue weighted by Crippen LogP contribution is -2.23. The summed E-state index contributed by atoms with van der Waals surface area (Å²) in [7, 11) is 2.76. The molecule has 0 aliphatic heterocycles. The first-order valence-corrected chi connectivity index (χ1v) is 13.3. The summed E-state index contributed by atoms with van der Waals surface area (Å²) >= 11 is 0. The van der Waals surface area contributed by atoms with E-state index in [2.05, 4.69) is 40.3 Å². The molecule has 0 fully saturated rings. The number of carbonyl (C=O) groups is 1. The highest BCUT2D eigenvalue weighted by atomic mass is 32.2. The second kappa shape index (κ2) is 11.1. The van der Waals surface area contributed by atoms with Crippen molar-refractivity contribution in [2.75, 3.05) is 40.0 Å². The molecule has 0 spiro atoms. The summed E-state index contributed by atoms with van der Waals surface area (Å²) in [4.78, 5) is 21.9. The number of benzene rings is 2. The lowest BCUT2D eigenvalue weighted by molar-refractivity contribution is 0.112. The molecule has 0 saturated carbocycles. The monoisotopic (exact) mass is 494 g/mol. The van der Waals surface area contributed by atoms with Gasteiger partial charge in [0, 0.05) is 35.6 Å². The molecule has 0 atom stereocenters. The molecule has 0 aliphatic carbocycles. The van der Waals surface area contributed by atoms with E-state index in [1.54, 1.807) is 31.3 Å². The Balaban J connectivity index is 0.000000429. The molecular weight excluding hydrogens is 460 g/mol. The van der Waals surface area contributed by atoms with Crippen LogP contribution in [0.2, 0.25) is 0 Å². The number of aromatic nitrogens is 2. The Bertz CT molecular complexity index is 1460. The lowest BCUT2D eigenvalue weighted by atomic mass is 9.94. The molecule has 4 aromatic rings. The van der Waals surface area contributed by atoms with E-state index in [-0.39, 0.29) is 10.6 Å². The van der Waals surface area contributed by atoms with Gasteiger partial charge >= 0.3 is 0 Å². The minimum Gasteiger partial charge on any atom is -0.339 e. The molecule has 2 aromatic carbocycles. The smallest absolute Gasteiger partial charge is 0.178 e. The number of nitrogens with one attached hydrogen (secondary N) is 2. The van der Waals surface area contributed by atoms with Crippen LogP contribution in [0.15, 0.2) is 47.5 Å². The standard InChI is InChI=1S/C22H20N2O3S.C5H14N2/c1-4-28(26,27)17-7-5-6-15(9-17)18-10-16(12-25)14(3)21-20(18)19-8-13(2)11-23-22(19)24-21;1-6-4-5-7(2)3/h5-12H,4H2,1-3H3,(H,23,24);6H,4-5H2,1-3H3. The highest BCUT2D eigenvalue weighted by molar-refractivity contribution is 7.91. The molecule has 186 valence electrons. The molecule has 2 heterocycles. The zero-order valence-corrected chi connectivity index (χ0v) is 22.1. The van der Waals surface area contributed by atoms with Crippen LogP contribution in [-0.2, 0) is 9.84 Å². The molecule has 2 aromatic heterocycles. The van der Waals surface area contributed by atoms with E-state index in [1.807, 2.05) is 33.0 Å². The van der Waals surface area contributed by atoms with Crippen LogP contribution in [-0.4, -0.2) is 69.6 Å². The molecular formula is C27H34N4O3S. The number of aryl methyl sites for hydroxylation is 2. The third kappa shape index (κ3) is 5.78. The van der Waals surface area contributed by atoms with Gasteiger partial charge in [-0.25, -0.2) is 13.4 Å². The number of rotatable bonds is 7. The molecule has 0 amide bonds. The predicted octanol–water partition coefficient (Wildman–Crippen LogP) is 4.37. The summed E-state index contributed by atoms with van der Waals surface area (Å²) in [5.41, 5.74) is 5.59. The lowest BCUT2D eigenvalue weighted by Gasteiger charge is -2.11. The summed E-state index contributed by atoms with van der Waals surface area (Å²) in [5.74, 6) is 0.0373. The number of sulfone groups is 1. The second-order valence-electron chi connectivity index (χ2n) is 8.88. The first kappa shape index (κ1) is 26.5. The van der Waals surface area contributed by atoms with Gasteiger partial charge in [0.25, 0.3) is 0 Å². The van der Waals surface area contributed by atoms with Gasteiger partial charge in [-0.15, -0.1) is 0 Å². The number of H-pyrrole nitrogens is 1. The highest BCUT2D eigenvalue weighted by Gasteiger charge is 2.18. The molecule has 0 saturated heterocycles. The van der Waals surface area contributed by atoms with Gasteiger partial charge in [-0.2, -0.15) is 0 Å². The van der Waals surface area contributed by atoms with Gasteiger partial charge in [-0.3, -0.25) is 4.79 Å². The Labute approximate surface area is 207 Å². The fraction of sp³-hybridized carbons (Fsp3) is 0.333. The van der Waals surface area contributed by atoms with Gasteiger partial charge in [-0.1, -0.05) is 19.1 Å². The molecule has 2 N–H and O–H groups in total. The van der Waals surface area contributed by atoms with E-state index in [4.69, 9.17) is 0 Å². The third-order valence-corrected chi connectivity index (χ3v) is 7.72. The maximum Gasteiger partial charge on any atom is 0.178 e. The summed E-state index contributed by atoms with van der Waals surface area (Å²) in [5, 5.41) is 4.96. The second-order valence-corrected chi connectivity index (χ2v) is 11.2. The van der Waals surface area contributed by atoms with Crippen molar-refractivity contribution >= 4 is 38.1 Å². The number of hydrogen-bond acceptors (Lipinski definition) is 6. The Morgan fingerprint density at radius 2 is 1.89 bits per heavy atom. The normalized spacial score (nSPS) is 11.6. The van der Waals surface area contributed by atoms with Crippen LogP contribution in [0.5, 0.6) is 0 Å². The molecule has 7 nitrogen and oxygen atoms in total. The third-order valence-electron chi connectivity index (χ3n) is 5.98. The minimum atomic E-state index is -3.33. The molecule has 0 radical (unpaired) electrons. The summed E-state index contributed by atoms with van der Waals surface area (Å²) in [6, 6.07) is 10.8. The molecule has 35 heavy (non-hydrogen) atoms. The molecule has 8 heteroatoms. The van der Waals surface area contributed by atoms with Gasteiger partial charge in [0.05, 0.1) is 16.2 Å². The number of likely N-dealkylation sites (N-methyl/N-ethyl adjacent to an activating group) is 2. The first-order chi connectivity index (χ1) is 16.6. The fourth-order valence-corrected chi connectivity index (χ4v) is 4.85. The van der Waals surface area contributed by atoms with Gasteiger partial charge in [0.2, 0.25) is 0 Å². The van der Waals surface area contributed by atoms with Gasteiger partial charge in [-0.05, 0) is 81.5 Å². The first-order valence-electron chi connectivity index (χ1n) is 11.6. The topological polar surface area (TPSA) is 95.2 Å². The molecule has 0 bridgehead atoms. The van der Waals surface area contributed by atoms with Crippen molar-refractivity contribution in [1.82, 2.24) is 20.2 Å². The Kier molecular flexibility index (Phi) is 8.43. The Hall–Kier alpha value is -3.07. The van der Waals surface area contributed by atoms with Crippen molar-refractivity contribution in [1.29, 1.82) is 0 Å². The van der Waals surface area contributed by atoms with E-state index in [0.29, 0.717) is 5.56 Å². The number of pyridine rings is 1. The van der Waals surface area contributed by atoms with Crippen molar-refractivity contribution in [3.63, 3.8) is 0 Å². The maximum atomic E-state index is 12.4. The molecule has 4 rings (SSSR count). The quantitative estimate of drug-likeness (QED) is 0.371. The highest BCUT2D eigenvalue weighted by Crippen LogP contribution is 2.38. The fourth-order valence-electron chi connectivity index (χ4n) is 3.93. The minimum absolute atomic E-state index is 0.0373. The zero-order valence-electron chi connectivity index (χ0n) is 21.3. The number of carbonyl (C=O) groups excluding carboxylic acids is 1. The van der Waals surface area contributed by atoms with E-state index < -0.39 is 9.84 Å². The largest absolute Gasteiger partial charge is 0.339 e. The summed E-state index contributed by atoms with van der Waals surface area (Å²) < 4.78 is 24.7.